The van der Waals surface area contributed by atoms with E-state index < -0.39 is 0 Å². The zero-order valence-electron chi connectivity index (χ0n) is 11.5. The fourth-order valence-electron chi connectivity index (χ4n) is 2.67. The summed E-state index contributed by atoms with van der Waals surface area (Å²) in [4.78, 5) is 3.93. The summed E-state index contributed by atoms with van der Waals surface area (Å²) in [5.41, 5.74) is 1.38. The van der Waals surface area contributed by atoms with Crippen LogP contribution in [0.5, 0.6) is 0 Å². The molecule has 1 aromatic rings. The van der Waals surface area contributed by atoms with Gasteiger partial charge in [0.1, 0.15) is 0 Å². The molecule has 1 atom stereocenters. The molecule has 18 heavy (non-hydrogen) atoms. The van der Waals surface area contributed by atoms with E-state index in [1.54, 1.807) is 11.8 Å². The number of hydrogen-bond acceptors (Lipinski definition) is 3. The molecule has 0 bridgehead atoms. The summed E-state index contributed by atoms with van der Waals surface area (Å²) >= 11 is 1.80. The summed E-state index contributed by atoms with van der Waals surface area (Å²) < 4.78 is 0. The highest BCUT2D eigenvalue weighted by Crippen LogP contribution is 2.16. The first-order chi connectivity index (χ1) is 8.83. The number of rotatable bonds is 6. The third-order valence-corrected chi connectivity index (χ3v) is 4.52. The van der Waals surface area contributed by atoms with Crippen LogP contribution >= 0.6 is 11.8 Å². The Hall–Kier alpha value is -0.510. The molecule has 1 fully saturated rings. The molecule has 1 aromatic carbocycles. The minimum atomic E-state index is 0.750. The van der Waals surface area contributed by atoms with Crippen LogP contribution in [0.2, 0.25) is 0 Å². The molecule has 0 saturated carbocycles. The van der Waals surface area contributed by atoms with Crippen molar-refractivity contribution in [1.29, 1.82) is 0 Å². The maximum absolute atomic E-state index is 3.60. The number of hydrogen-bond donors (Lipinski definition) is 1. The standard InChI is InChI=1S/C15H24N2S/c1-3-17-10-4-5-14(17)12-16-11-13-6-8-15(18-2)9-7-13/h6-9,14,16H,3-5,10-12H2,1-2H3. The average Bonchev–Trinajstić information content (AvgIpc) is 2.87. The summed E-state index contributed by atoms with van der Waals surface area (Å²) in [6, 6.07) is 9.61. The van der Waals surface area contributed by atoms with Crippen LogP contribution in [-0.4, -0.2) is 36.8 Å². The monoisotopic (exact) mass is 264 g/mol. The fourth-order valence-corrected chi connectivity index (χ4v) is 3.08. The van der Waals surface area contributed by atoms with Crippen LogP contribution in [0.4, 0.5) is 0 Å². The molecule has 1 N–H and O–H groups in total. The van der Waals surface area contributed by atoms with Gasteiger partial charge in [-0.3, -0.25) is 4.90 Å². The number of likely N-dealkylation sites (tertiary alicyclic amines) is 1. The van der Waals surface area contributed by atoms with E-state index >= 15 is 0 Å². The zero-order valence-corrected chi connectivity index (χ0v) is 12.3. The summed E-state index contributed by atoms with van der Waals surface area (Å²) in [7, 11) is 0. The van der Waals surface area contributed by atoms with Gasteiger partial charge in [-0.2, -0.15) is 0 Å². The fraction of sp³-hybridized carbons (Fsp3) is 0.600. The summed E-state index contributed by atoms with van der Waals surface area (Å²) in [6.07, 6.45) is 4.83. The second-order valence-corrected chi connectivity index (χ2v) is 5.78. The molecule has 0 radical (unpaired) electrons. The van der Waals surface area contributed by atoms with Crippen molar-refractivity contribution in [2.75, 3.05) is 25.9 Å². The van der Waals surface area contributed by atoms with Gasteiger partial charge in [0.2, 0.25) is 0 Å². The average molecular weight is 264 g/mol. The first-order valence-electron chi connectivity index (χ1n) is 6.91. The van der Waals surface area contributed by atoms with E-state index in [4.69, 9.17) is 0 Å². The van der Waals surface area contributed by atoms with Gasteiger partial charge in [0.25, 0.3) is 0 Å². The van der Waals surface area contributed by atoms with E-state index in [9.17, 15) is 0 Å². The van der Waals surface area contributed by atoms with Crippen molar-refractivity contribution in [2.24, 2.45) is 0 Å². The van der Waals surface area contributed by atoms with Gasteiger partial charge in [-0.25, -0.2) is 0 Å². The van der Waals surface area contributed by atoms with Gasteiger partial charge < -0.3 is 5.32 Å². The summed E-state index contributed by atoms with van der Waals surface area (Å²) in [5, 5.41) is 3.60. The molecular weight excluding hydrogens is 240 g/mol. The Labute approximate surface area is 115 Å². The molecule has 0 aromatic heterocycles. The Morgan fingerprint density at radius 3 is 2.78 bits per heavy atom. The predicted molar refractivity (Wildman–Crippen MR) is 80.2 cm³/mol. The SMILES string of the molecule is CCN1CCCC1CNCc1ccc(SC)cc1. The van der Waals surface area contributed by atoms with Crippen molar-refractivity contribution < 1.29 is 0 Å². The lowest BCUT2D eigenvalue weighted by molar-refractivity contribution is 0.260. The summed E-state index contributed by atoms with van der Waals surface area (Å²) in [6.45, 7) is 6.85. The minimum Gasteiger partial charge on any atom is -0.311 e. The van der Waals surface area contributed by atoms with Gasteiger partial charge in [-0.15, -0.1) is 11.8 Å². The third kappa shape index (κ3) is 3.74. The predicted octanol–water partition coefficient (Wildman–Crippen LogP) is 2.98. The van der Waals surface area contributed by atoms with Crippen molar-refractivity contribution in [3.8, 4) is 0 Å². The quantitative estimate of drug-likeness (QED) is 0.795. The Bertz CT molecular complexity index is 350. The van der Waals surface area contributed by atoms with E-state index in [0.717, 1.165) is 19.1 Å². The highest BCUT2D eigenvalue weighted by Gasteiger charge is 2.21. The maximum atomic E-state index is 3.60. The second kappa shape index (κ2) is 7.17. The third-order valence-electron chi connectivity index (χ3n) is 3.77. The molecule has 2 nitrogen and oxygen atoms in total. The van der Waals surface area contributed by atoms with E-state index in [1.165, 1.54) is 36.4 Å². The van der Waals surface area contributed by atoms with Gasteiger partial charge in [0, 0.05) is 24.0 Å². The Balaban J connectivity index is 1.74. The highest BCUT2D eigenvalue weighted by molar-refractivity contribution is 7.98. The second-order valence-electron chi connectivity index (χ2n) is 4.90. The molecule has 100 valence electrons. The lowest BCUT2D eigenvalue weighted by Crippen LogP contribution is -2.37. The lowest BCUT2D eigenvalue weighted by Gasteiger charge is -2.23. The van der Waals surface area contributed by atoms with Crippen LogP contribution in [-0.2, 0) is 6.54 Å². The van der Waals surface area contributed by atoms with Crippen molar-refractivity contribution in [3.63, 3.8) is 0 Å². The lowest BCUT2D eigenvalue weighted by atomic mass is 10.2. The van der Waals surface area contributed by atoms with Crippen molar-refractivity contribution >= 4 is 11.8 Å². The zero-order chi connectivity index (χ0) is 12.8. The van der Waals surface area contributed by atoms with Gasteiger partial charge in [-0.05, 0) is 49.9 Å². The summed E-state index contributed by atoms with van der Waals surface area (Å²) in [5.74, 6) is 0. The molecule has 2 rings (SSSR count). The molecule has 1 saturated heterocycles. The number of nitrogens with zero attached hydrogens (tertiary/aromatic N) is 1. The molecule has 0 aliphatic carbocycles. The number of likely N-dealkylation sites (N-methyl/N-ethyl adjacent to an activating group) is 1. The van der Waals surface area contributed by atoms with Crippen LogP contribution in [0, 0.1) is 0 Å². The Kier molecular flexibility index (Phi) is 5.54. The first-order valence-corrected chi connectivity index (χ1v) is 8.13. The normalized spacial score (nSPS) is 20.4. The van der Waals surface area contributed by atoms with E-state index in [-0.39, 0.29) is 0 Å². The highest BCUT2D eigenvalue weighted by atomic mass is 32.2. The van der Waals surface area contributed by atoms with Crippen molar-refractivity contribution in [2.45, 2.75) is 37.2 Å². The van der Waals surface area contributed by atoms with E-state index in [1.807, 2.05) is 0 Å². The largest absolute Gasteiger partial charge is 0.311 e. The molecule has 1 aliphatic heterocycles. The van der Waals surface area contributed by atoms with Gasteiger partial charge >= 0.3 is 0 Å². The van der Waals surface area contributed by atoms with Gasteiger partial charge in [0.15, 0.2) is 0 Å². The van der Waals surface area contributed by atoms with Crippen LogP contribution in [0.15, 0.2) is 29.2 Å². The van der Waals surface area contributed by atoms with Gasteiger partial charge in [0.05, 0.1) is 0 Å². The molecule has 1 heterocycles. The number of thioether (sulfide) groups is 1. The molecule has 1 aliphatic rings. The molecule has 0 spiro atoms. The molecule has 0 amide bonds. The van der Waals surface area contributed by atoms with Crippen LogP contribution < -0.4 is 5.32 Å². The van der Waals surface area contributed by atoms with E-state index in [2.05, 4.69) is 47.7 Å². The first kappa shape index (κ1) is 13.9. The van der Waals surface area contributed by atoms with Crippen molar-refractivity contribution in [3.05, 3.63) is 29.8 Å². The maximum Gasteiger partial charge on any atom is 0.0221 e. The number of nitrogens with one attached hydrogen (secondary N) is 1. The van der Waals surface area contributed by atoms with Gasteiger partial charge in [-0.1, -0.05) is 19.1 Å². The van der Waals surface area contributed by atoms with Crippen LogP contribution in [0.3, 0.4) is 0 Å². The smallest absolute Gasteiger partial charge is 0.0221 e. The van der Waals surface area contributed by atoms with E-state index in [0.29, 0.717) is 0 Å². The van der Waals surface area contributed by atoms with Crippen molar-refractivity contribution in [1.82, 2.24) is 10.2 Å². The molecular formula is C15H24N2S. The minimum absolute atomic E-state index is 0.750. The van der Waals surface area contributed by atoms with Crippen LogP contribution in [0.1, 0.15) is 25.3 Å². The number of benzene rings is 1. The van der Waals surface area contributed by atoms with Crippen LogP contribution in [0.25, 0.3) is 0 Å². The molecule has 1 unspecified atom stereocenters. The Morgan fingerprint density at radius 1 is 1.33 bits per heavy atom. The Morgan fingerprint density at radius 2 is 2.11 bits per heavy atom. The molecule has 3 heteroatoms. The topological polar surface area (TPSA) is 15.3 Å².